The number of rotatable bonds is 3. The molecule has 1 heterocycles. The Labute approximate surface area is 100.0 Å². The summed E-state index contributed by atoms with van der Waals surface area (Å²) in [6.45, 7) is 3.85. The fourth-order valence-corrected chi connectivity index (χ4v) is 2.45. The average molecular weight is 236 g/mol. The van der Waals surface area contributed by atoms with Crippen molar-refractivity contribution in [2.24, 2.45) is 0 Å². The minimum atomic E-state index is 0.219. The number of carbonyl (C=O) groups excluding carboxylic acids is 1. The molecule has 1 fully saturated rings. The highest BCUT2D eigenvalue weighted by Crippen LogP contribution is 2.26. The minimum absolute atomic E-state index is 0.219. The van der Waals surface area contributed by atoms with Crippen LogP contribution in [0.1, 0.15) is 12.0 Å². The van der Waals surface area contributed by atoms with E-state index in [4.69, 9.17) is 5.73 Å². The van der Waals surface area contributed by atoms with Crippen LogP contribution in [0.3, 0.4) is 0 Å². The van der Waals surface area contributed by atoms with Gasteiger partial charge in [0.15, 0.2) is 0 Å². The molecule has 16 heavy (non-hydrogen) atoms. The summed E-state index contributed by atoms with van der Waals surface area (Å²) in [6, 6.07) is 5.95. The molecule has 1 amide bonds. The van der Waals surface area contributed by atoms with Gasteiger partial charge < -0.3 is 10.6 Å². The predicted octanol–water partition coefficient (Wildman–Crippen LogP) is 1.90. The van der Waals surface area contributed by atoms with Crippen molar-refractivity contribution in [2.75, 3.05) is 24.6 Å². The Balaban J connectivity index is 1.91. The lowest BCUT2D eigenvalue weighted by atomic mass is 10.2. The molecule has 1 aliphatic rings. The standard InChI is InChI=1S/C12H16N2OS/c1-9-3-4-11(10(13)7-9)16-8-12(15)14-5-2-6-14/h3-4,7H,2,5-6,8,13H2,1H3. The molecule has 1 saturated heterocycles. The van der Waals surface area contributed by atoms with Crippen LogP contribution in [0, 0.1) is 6.92 Å². The van der Waals surface area contributed by atoms with E-state index in [2.05, 4.69) is 0 Å². The van der Waals surface area contributed by atoms with Gasteiger partial charge in [-0.05, 0) is 31.0 Å². The van der Waals surface area contributed by atoms with Gasteiger partial charge in [0.1, 0.15) is 0 Å². The second-order valence-corrected chi connectivity index (χ2v) is 5.08. The molecule has 2 rings (SSSR count). The molecule has 0 aromatic heterocycles. The zero-order valence-corrected chi connectivity index (χ0v) is 10.2. The molecule has 2 N–H and O–H groups in total. The number of nitrogens with two attached hydrogens (primary N) is 1. The van der Waals surface area contributed by atoms with Gasteiger partial charge in [0.2, 0.25) is 5.91 Å². The van der Waals surface area contributed by atoms with Crippen LogP contribution < -0.4 is 5.73 Å². The maximum Gasteiger partial charge on any atom is 0.232 e. The van der Waals surface area contributed by atoms with Crippen molar-refractivity contribution < 1.29 is 4.79 Å². The number of hydrogen-bond donors (Lipinski definition) is 1. The Hall–Kier alpha value is -1.16. The number of benzene rings is 1. The van der Waals surface area contributed by atoms with Crippen LogP contribution in [0.15, 0.2) is 23.1 Å². The fourth-order valence-electron chi connectivity index (χ4n) is 1.60. The lowest BCUT2D eigenvalue weighted by Gasteiger charge is -2.30. The van der Waals surface area contributed by atoms with Gasteiger partial charge >= 0.3 is 0 Å². The van der Waals surface area contributed by atoms with Crippen molar-refractivity contribution in [3.8, 4) is 0 Å². The van der Waals surface area contributed by atoms with Gasteiger partial charge in [0.25, 0.3) is 0 Å². The summed E-state index contributed by atoms with van der Waals surface area (Å²) in [6.07, 6.45) is 1.14. The number of nitrogens with zero attached hydrogens (tertiary/aromatic N) is 1. The molecule has 86 valence electrons. The number of thioether (sulfide) groups is 1. The normalized spacial score (nSPS) is 14.7. The molecule has 0 atom stereocenters. The molecule has 3 nitrogen and oxygen atoms in total. The van der Waals surface area contributed by atoms with Crippen LogP contribution in [-0.2, 0) is 4.79 Å². The van der Waals surface area contributed by atoms with Gasteiger partial charge in [-0.1, -0.05) is 6.07 Å². The summed E-state index contributed by atoms with van der Waals surface area (Å²) in [5, 5.41) is 0. The first-order valence-corrected chi connectivity index (χ1v) is 6.42. The fraction of sp³-hybridized carbons (Fsp3) is 0.417. The van der Waals surface area contributed by atoms with Crippen LogP contribution in [-0.4, -0.2) is 29.6 Å². The molecule has 0 spiro atoms. The lowest BCUT2D eigenvalue weighted by molar-refractivity contribution is -0.131. The van der Waals surface area contributed by atoms with E-state index in [0.29, 0.717) is 5.75 Å². The van der Waals surface area contributed by atoms with Gasteiger partial charge in [0, 0.05) is 23.7 Å². The van der Waals surface area contributed by atoms with Crippen molar-refractivity contribution in [1.29, 1.82) is 0 Å². The first-order valence-electron chi connectivity index (χ1n) is 5.43. The van der Waals surface area contributed by atoms with Crippen LogP contribution in [0.25, 0.3) is 0 Å². The van der Waals surface area contributed by atoms with Gasteiger partial charge in [-0.2, -0.15) is 0 Å². The molecule has 1 aliphatic heterocycles. The number of likely N-dealkylation sites (tertiary alicyclic amines) is 1. The molecule has 0 aliphatic carbocycles. The summed E-state index contributed by atoms with van der Waals surface area (Å²) in [7, 11) is 0. The van der Waals surface area contributed by atoms with Crippen LogP contribution in [0.2, 0.25) is 0 Å². The summed E-state index contributed by atoms with van der Waals surface area (Å²) in [5.41, 5.74) is 7.80. The highest BCUT2D eigenvalue weighted by Gasteiger charge is 2.19. The number of carbonyl (C=O) groups is 1. The molecule has 0 saturated carbocycles. The average Bonchev–Trinajstić information content (AvgIpc) is 2.13. The van der Waals surface area contributed by atoms with E-state index in [1.54, 1.807) is 0 Å². The van der Waals surface area contributed by atoms with E-state index in [-0.39, 0.29) is 5.91 Å². The van der Waals surface area contributed by atoms with E-state index in [0.717, 1.165) is 35.7 Å². The van der Waals surface area contributed by atoms with Gasteiger partial charge in [-0.15, -0.1) is 11.8 Å². The highest BCUT2D eigenvalue weighted by molar-refractivity contribution is 8.00. The van der Waals surface area contributed by atoms with Gasteiger partial charge in [-0.25, -0.2) is 0 Å². The lowest BCUT2D eigenvalue weighted by Crippen LogP contribution is -2.43. The second-order valence-electron chi connectivity index (χ2n) is 4.06. The van der Waals surface area contributed by atoms with E-state index < -0.39 is 0 Å². The summed E-state index contributed by atoms with van der Waals surface area (Å²) < 4.78 is 0. The third-order valence-electron chi connectivity index (χ3n) is 2.73. The first kappa shape index (κ1) is 11.3. The van der Waals surface area contributed by atoms with Crippen molar-refractivity contribution in [2.45, 2.75) is 18.2 Å². The quantitative estimate of drug-likeness (QED) is 0.644. The van der Waals surface area contributed by atoms with E-state index in [9.17, 15) is 4.79 Å². The summed E-state index contributed by atoms with van der Waals surface area (Å²) in [5.74, 6) is 0.712. The molecular weight excluding hydrogens is 220 g/mol. The first-order chi connectivity index (χ1) is 7.66. The van der Waals surface area contributed by atoms with E-state index >= 15 is 0 Å². The van der Waals surface area contributed by atoms with Crippen LogP contribution in [0.5, 0.6) is 0 Å². The zero-order valence-electron chi connectivity index (χ0n) is 9.40. The van der Waals surface area contributed by atoms with Crippen molar-refractivity contribution >= 4 is 23.4 Å². The zero-order chi connectivity index (χ0) is 11.5. The molecule has 0 bridgehead atoms. The topological polar surface area (TPSA) is 46.3 Å². The van der Waals surface area contributed by atoms with E-state index in [1.165, 1.54) is 11.8 Å². The maximum atomic E-state index is 11.6. The molecular formula is C12H16N2OS. The third kappa shape index (κ3) is 2.50. The van der Waals surface area contributed by atoms with Crippen molar-refractivity contribution in [3.63, 3.8) is 0 Å². The SMILES string of the molecule is Cc1ccc(SCC(=O)N2CCC2)c(N)c1. The maximum absolute atomic E-state index is 11.6. The van der Waals surface area contributed by atoms with E-state index in [1.807, 2.05) is 30.0 Å². The Kier molecular flexibility index (Phi) is 3.39. The number of aryl methyl sites for hydroxylation is 1. The van der Waals surface area contributed by atoms with Crippen molar-refractivity contribution in [3.05, 3.63) is 23.8 Å². The highest BCUT2D eigenvalue weighted by atomic mass is 32.2. The predicted molar refractivity (Wildman–Crippen MR) is 67.5 cm³/mol. The Morgan fingerprint density at radius 3 is 2.81 bits per heavy atom. The van der Waals surface area contributed by atoms with Crippen molar-refractivity contribution in [1.82, 2.24) is 4.90 Å². The smallest absolute Gasteiger partial charge is 0.232 e. The van der Waals surface area contributed by atoms with Gasteiger partial charge in [0.05, 0.1) is 5.75 Å². The minimum Gasteiger partial charge on any atom is -0.398 e. The largest absolute Gasteiger partial charge is 0.398 e. The molecule has 4 heteroatoms. The van der Waals surface area contributed by atoms with Crippen LogP contribution >= 0.6 is 11.8 Å². The number of amides is 1. The number of nitrogen functional groups attached to an aromatic ring is 1. The Bertz CT molecular complexity index is 402. The molecule has 1 aromatic carbocycles. The number of hydrogen-bond acceptors (Lipinski definition) is 3. The molecule has 0 radical (unpaired) electrons. The Morgan fingerprint density at radius 1 is 1.50 bits per heavy atom. The second kappa shape index (κ2) is 4.78. The summed E-state index contributed by atoms with van der Waals surface area (Å²) in [4.78, 5) is 14.5. The third-order valence-corrected chi connectivity index (χ3v) is 3.80. The monoisotopic (exact) mass is 236 g/mol. The Morgan fingerprint density at radius 2 is 2.25 bits per heavy atom. The van der Waals surface area contributed by atoms with Gasteiger partial charge in [-0.3, -0.25) is 4.79 Å². The van der Waals surface area contributed by atoms with Crippen LogP contribution in [0.4, 0.5) is 5.69 Å². The molecule has 0 unspecified atom stereocenters. The summed E-state index contributed by atoms with van der Waals surface area (Å²) >= 11 is 1.53. The number of anilines is 1. The molecule has 1 aromatic rings.